The minimum Gasteiger partial charge on any atom is -0.465 e. The van der Waals surface area contributed by atoms with Crippen LogP contribution in [0.15, 0.2) is 181 Å². The number of nitrogens with zero attached hydrogens (tertiary/aromatic N) is 3. The molecule has 0 aliphatic carbocycles. The minimum atomic E-state index is -4.54. The van der Waals surface area contributed by atoms with Crippen LogP contribution >= 0.6 is 34.3 Å². The molecule has 9 rings (SSSR count). The molecule has 3 aliphatic heterocycles. The first-order chi connectivity index (χ1) is 35.8. The average Bonchev–Trinajstić information content (AvgIpc) is 4.28. The fourth-order valence-electron chi connectivity index (χ4n) is 8.04. The van der Waals surface area contributed by atoms with E-state index < -0.39 is 41.4 Å². The van der Waals surface area contributed by atoms with Crippen molar-refractivity contribution in [3.63, 3.8) is 0 Å². The highest BCUT2D eigenvalue weighted by Gasteiger charge is 2.41. The second-order valence-corrected chi connectivity index (χ2v) is 18.3. The Balaban J connectivity index is 0.000000164. The number of thiophene rings is 2. The molecule has 0 unspecified atom stereocenters. The molecular weight excluding hydrogens is 1040 g/mol. The van der Waals surface area contributed by atoms with Crippen molar-refractivity contribution in [2.24, 2.45) is 0 Å². The Bertz CT molecular complexity index is 3390. The summed E-state index contributed by atoms with van der Waals surface area (Å²) < 4.78 is 72.0. The summed E-state index contributed by atoms with van der Waals surface area (Å²) >= 11 is 9.04. The van der Waals surface area contributed by atoms with Gasteiger partial charge in [0.1, 0.15) is 11.6 Å². The van der Waals surface area contributed by atoms with Crippen LogP contribution in [-0.2, 0) is 49.2 Å². The maximum Gasteiger partial charge on any atom is 0.416 e. The Morgan fingerprint density at radius 3 is 1.51 bits per heavy atom. The quantitative estimate of drug-likeness (QED) is 0.0592. The third-order valence-electron chi connectivity index (χ3n) is 11.5. The number of allylic oxidation sites excluding steroid dienone is 3. The average molecular weight is 1080 g/mol. The fourth-order valence-corrected chi connectivity index (χ4v) is 9.58. The molecule has 0 bridgehead atoms. The number of alkyl halides is 3. The van der Waals surface area contributed by atoms with Gasteiger partial charge in [0.05, 0.1) is 77.3 Å². The van der Waals surface area contributed by atoms with Crippen LogP contribution in [-0.4, -0.2) is 57.0 Å². The van der Waals surface area contributed by atoms with Crippen molar-refractivity contribution < 1.29 is 65.0 Å². The summed E-state index contributed by atoms with van der Waals surface area (Å²) in [6.45, 7) is 4.85. The van der Waals surface area contributed by atoms with E-state index in [0.29, 0.717) is 33.6 Å². The van der Waals surface area contributed by atoms with Crippen molar-refractivity contribution in [3.05, 3.63) is 209 Å². The van der Waals surface area contributed by atoms with E-state index in [1.165, 1.54) is 116 Å². The normalized spacial score (nSPS) is 16.3. The van der Waals surface area contributed by atoms with Gasteiger partial charge in [-0.25, -0.2) is 18.8 Å². The van der Waals surface area contributed by atoms with Crippen molar-refractivity contribution in [2.75, 3.05) is 36.0 Å². The number of furan rings is 1. The van der Waals surface area contributed by atoms with Crippen LogP contribution in [0.3, 0.4) is 0 Å². The van der Waals surface area contributed by atoms with Crippen LogP contribution in [0, 0.1) is 5.82 Å². The van der Waals surface area contributed by atoms with Crippen molar-refractivity contribution in [1.29, 1.82) is 0 Å². The van der Waals surface area contributed by atoms with Gasteiger partial charge in [-0.05, 0) is 129 Å². The third-order valence-corrected chi connectivity index (χ3v) is 13.4. The van der Waals surface area contributed by atoms with E-state index in [0.717, 1.165) is 26.8 Å². The number of methoxy groups -OCH3 is 3. The highest BCUT2D eigenvalue weighted by molar-refractivity contribution is 7.11. The van der Waals surface area contributed by atoms with Crippen LogP contribution in [0.25, 0.3) is 18.2 Å². The first kappa shape index (κ1) is 54.4. The third kappa shape index (κ3) is 11.5. The van der Waals surface area contributed by atoms with Gasteiger partial charge in [0, 0.05) is 38.2 Å². The monoisotopic (exact) mass is 1080 g/mol. The van der Waals surface area contributed by atoms with Crippen LogP contribution < -0.4 is 14.7 Å². The summed E-state index contributed by atoms with van der Waals surface area (Å²) in [5.74, 6) is -3.10. The summed E-state index contributed by atoms with van der Waals surface area (Å²) in [7, 11) is 3.73. The van der Waals surface area contributed by atoms with E-state index in [4.69, 9.17) is 30.2 Å². The molecule has 0 atom stereocenters. The molecule has 6 heterocycles. The number of ether oxygens (including phenoxy) is 3. The number of amides is 3. The lowest BCUT2D eigenvalue weighted by molar-refractivity contribution is -0.138. The van der Waals surface area contributed by atoms with Gasteiger partial charge in [0.25, 0.3) is 17.7 Å². The van der Waals surface area contributed by atoms with Gasteiger partial charge < -0.3 is 18.6 Å². The zero-order valence-electron chi connectivity index (χ0n) is 40.5. The zero-order chi connectivity index (χ0) is 54.3. The molecule has 0 fully saturated rings. The second-order valence-electron chi connectivity index (χ2n) is 16.0. The van der Waals surface area contributed by atoms with Crippen molar-refractivity contribution >= 4 is 105 Å². The molecule has 3 aromatic heterocycles. The molecule has 0 saturated carbocycles. The SMILES string of the molecule is COC(=O)C1=C(C)N(c2ccc(F)cc2)C(=O)/C1=C\c1cccs1.COC(=O)C1=C(C)N(c2cccc(C(F)(F)F)c2)C(=O)/C1=C\c1cccs1.COC(=O)C1=C(C)N(c2ccccc2Cl)C(=O)/C1=C\c1ccco1. The highest BCUT2D eigenvalue weighted by Crippen LogP contribution is 2.41. The van der Waals surface area contributed by atoms with Crippen molar-refractivity contribution in [2.45, 2.75) is 26.9 Å². The summed E-state index contributed by atoms with van der Waals surface area (Å²) in [5, 5.41) is 4.11. The van der Waals surface area contributed by atoms with Crippen molar-refractivity contribution in [3.8, 4) is 0 Å². The maximum absolute atomic E-state index is 13.2. The summed E-state index contributed by atoms with van der Waals surface area (Å²) in [6, 6.07) is 27.6. The molecule has 384 valence electrons. The number of para-hydroxylation sites is 1. The minimum absolute atomic E-state index is 0.0308. The number of carbonyl (C=O) groups is 6. The molecule has 6 aromatic rings. The van der Waals surface area contributed by atoms with Gasteiger partial charge in [-0.1, -0.05) is 41.9 Å². The first-order valence-electron chi connectivity index (χ1n) is 22.2. The Morgan fingerprint density at radius 1 is 0.573 bits per heavy atom. The standard InChI is InChI=1S/C19H14F3NO3S.C18H14ClNO4.C18H14FNO3S/c1-11-16(18(25)26-2)15(10-14-7-4-8-27-14)17(24)23(11)13-6-3-5-12(9-13)19(20,21)22;1-11-16(18(22)23-2)13(10-12-6-5-9-24-12)17(21)20(11)15-8-4-3-7-14(15)19;1-11-16(18(22)23-2)15(10-14-4-3-9-24-14)17(21)20(11)13-7-5-12(19)6-8-13/h3-10H,1-2H3;2*3-10H,1-2H3/b15-10-;13-10-;15-10-. The molecule has 3 aliphatic rings. The molecule has 20 heteroatoms. The number of benzene rings is 3. The number of hydrogen-bond donors (Lipinski definition) is 0. The largest absolute Gasteiger partial charge is 0.465 e. The molecule has 0 spiro atoms. The van der Waals surface area contributed by atoms with Crippen LogP contribution in [0.4, 0.5) is 34.6 Å². The number of anilines is 3. The highest BCUT2D eigenvalue weighted by atomic mass is 35.5. The summed E-state index contributed by atoms with van der Waals surface area (Å²) in [4.78, 5) is 80.9. The molecule has 13 nitrogen and oxygen atoms in total. The van der Waals surface area contributed by atoms with Gasteiger partial charge >= 0.3 is 24.1 Å². The molecule has 75 heavy (non-hydrogen) atoms. The Hall–Kier alpha value is -8.39. The zero-order valence-corrected chi connectivity index (χ0v) is 42.9. The molecule has 0 saturated heterocycles. The lowest BCUT2D eigenvalue weighted by atomic mass is 10.1. The van der Waals surface area contributed by atoms with Crippen LogP contribution in [0.2, 0.25) is 5.02 Å². The van der Waals surface area contributed by atoms with E-state index >= 15 is 0 Å². The second kappa shape index (κ2) is 23.2. The van der Waals surface area contributed by atoms with E-state index in [1.54, 1.807) is 68.5 Å². The molecule has 3 amide bonds. The van der Waals surface area contributed by atoms with E-state index in [2.05, 4.69) is 0 Å². The predicted molar refractivity (Wildman–Crippen MR) is 277 cm³/mol. The van der Waals surface area contributed by atoms with E-state index in [-0.39, 0.29) is 56.6 Å². The summed E-state index contributed by atoms with van der Waals surface area (Å²) in [6.07, 6.45) is 1.68. The fraction of sp³-hybridized carbons (Fsp3) is 0.127. The van der Waals surface area contributed by atoms with Gasteiger partial charge in [-0.3, -0.25) is 29.1 Å². The number of hydrogen-bond acceptors (Lipinski definition) is 12. The van der Waals surface area contributed by atoms with Crippen LogP contribution in [0.5, 0.6) is 0 Å². The van der Waals surface area contributed by atoms with Gasteiger partial charge in [-0.15, -0.1) is 22.7 Å². The Morgan fingerprint density at radius 2 is 1.05 bits per heavy atom. The molecular formula is C55H42ClF4N3O10S2. The van der Waals surface area contributed by atoms with Crippen LogP contribution in [0.1, 0.15) is 41.8 Å². The molecule has 3 aromatic carbocycles. The Labute approximate surface area is 439 Å². The molecule has 0 radical (unpaired) electrons. The lowest BCUT2D eigenvalue weighted by Crippen LogP contribution is -2.24. The van der Waals surface area contributed by atoms with Gasteiger partial charge in [0.2, 0.25) is 0 Å². The number of halogens is 5. The summed E-state index contributed by atoms with van der Waals surface area (Å²) in [5.41, 5.74) is 2.29. The topological polar surface area (TPSA) is 153 Å². The smallest absolute Gasteiger partial charge is 0.416 e. The van der Waals surface area contributed by atoms with E-state index in [1.807, 2.05) is 22.9 Å². The number of carbonyl (C=O) groups excluding carboxylic acids is 6. The Kier molecular flexibility index (Phi) is 16.8. The predicted octanol–water partition coefficient (Wildman–Crippen LogP) is 12.2. The first-order valence-corrected chi connectivity index (χ1v) is 24.3. The maximum atomic E-state index is 13.2. The number of esters is 3. The molecule has 0 N–H and O–H groups in total. The number of rotatable bonds is 9. The van der Waals surface area contributed by atoms with Gasteiger partial charge in [0.15, 0.2) is 0 Å². The van der Waals surface area contributed by atoms with Gasteiger partial charge in [-0.2, -0.15) is 13.2 Å². The van der Waals surface area contributed by atoms with E-state index in [9.17, 15) is 46.3 Å². The van der Waals surface area contributed by atoms with Crippen molar-refractivity contribution in [1.82, 2.24) is 0 Å². The lowest BCUT2D eigenvalue weighted by Gasteiger charge is -2.19.